The molecule has 0 unspecified atom stereocenters. The number of amides is 1. The molecule has 1 heterocycles. The van der Waals surface area contributed by atoms with Gasteiger partial charge in [0.25, 0.3) is 5.91 Å². The zero-order valence-corrected chi connectivity index (χ0v) is 10.5. The van der Waals surface area contributed by atoms with Crippen molar-refractivity contribution in [2.24, 2.45) is 0 Å². The van der Waals surface area contributed by atoms with Gasteiger partial charge >= 0.3 is 0 Å². The molecule has 0 bridgehead atoms. The molecule has 4 nitrogen and oxygen atoms in total. The molecule has 96 valence electrons. The smallest absolute Gasteiger partial charge is 0.255 e. The minimum absolute atomic E-state index is 0.0130. The van der Waals surface area contributed by atoms with Crippen LogP contribution in [0.1, 0.15) is 23.7 Å². The van der Waals surface area contributed by atoms with Gasteiger partial charge in [-0.3, -0.25) is 4.79 Å². The number of aromatic nitrogens is 1. The van der Waals surface area contributed by atoms with Gasteiger partial charge in [0.2, 0.25) is 0 Å². The Hall–Kier alpha value is -1.81. The van der Waals surface area contributed by atoms with E-state index in [4.69, 9.17) is 5.11 Å². The Morgan fingerprint density at radius 1 is 1.39 bits per heavy atom. The number of para-hydroxylation sites is 1. The first-order valence-corrected chi connectivity index (χ1v) is 6.24. The molecule has 0 fully saturated rings. The van der Waals surface area contributed by atoms with Crippen molar-refractivity contribution in [3.05, 3.63) is 36.0 Å². The van der Waals surface area contributed by atoms with E-state index < -0.39 is 0 Å². The van der Waals surface area contributed by atoms with Crippen molar-refractivity contribution < 1.29 is 9.90 Å². The van der Waals surface area contributed by atoms with E-state index >= 15 is 0 Å². The number of nitrogens with zero attached hydrogens (tertiary/aromatic N) is 1. The zero-order chi connectivity index (χ0) is 13.0. The summed E-state index contributed by atoms with van der Waals surface area (Å²) in [5.41, 5.74) is 1.57. The molecule has 1 aromatic carbocycles. The van der Waals surface area contributed by atoms with E-state index in [9.17, 15) is 4.79 Å². The van der Waals surface area contributed by atoms with E-state index in [0.717, 1.165) is 10.9 Å². The number of benzene rings is 1. The molecule has 2 rings (SSSR count). The van der Waals surface area contributed by atoms with Crippen LogP contribution in [0.2, 0.25) is 0 Å². The van der Waals surface area contributed by atoms with Gasteiger partial charge in [-0.25, -0.2) is 0 Å². The van der Waals surface area contributed by atoms with Crippen molar-refractivity contribution in [2.75, 3.05) is 19.7 Å². The maximum Gasteiger partial charge on any atom is 0.255 e. The van der Waals surface area contributed by atoms with Gasteiger partial charge in [-0.15, -0.1) is 0 Å². The van der Waals surface area contributed by atoms with E-state index in [1.807, 2.05) is 37.4 Å². The molecule has 0 aliphatic carbocycles. The average molecular weight is 246 g/mol. The van der Waals surface area contributed by atoms with Gasteiger partial charge in [-0.1, -0.05) is 12.1 Å². The molecule has 18 heavy (non-hydrogen) atoms. The summed E-state index contributed by atoms with van der Waals surface area (Å²) >= 11 is 0. The van der Waals surface area contributed by atoms with Crippen LogP contribution in [0.25, 0.3) is 10.9 Å². The maximum absolute atomic E-state index is 12.4. The lowest BCUT2D eigenvalue weighted by atomic mass is 10.1. The molecule has 0 spiro atoms. The van der Waals surface area contributed by atoms with Crippen molar-refractivity contribution in [3.63, 3.8) is 0 Å². The standard InChI is InChI=1S/C14H18N2O2/c1-2-16(9-4-10-17)14(18)12-6-3-5-11-7-8-15-13(11)12/h3,5-8,15,17H,2,4,9-10H2,1H3. The number of hydrogen-bond acceptors (Lipinski definition) is 2. The summed E-state index contributed by atoms with van der Waals surface area (Å²) in [5, 5.41) is 9.90. The topological polar surface area (TPSA) is 56.3 Å². The fourth-order valence-corrected chi connectivity index (χ4v) is 2.10. The predicted octanol–water partition coefficient (Wildman–Crippen LogP) is 2.01. The van der Waals surface area contributed by atoms with Crippen LogP contribution in [0.3, 0.4) is 0 Å². The fraction of sp³-hybridized carbons (Fsp3) is 0.357. The summed E-state index contributed by atoms with van der Waals surface area (Å²) in [6.07, 6.45) is 2.45. The lowest BCUT2D eigenvalue weighted by Crippen LogP contribution is -2.32. The van der Waals surface area contributed by atoms with Crippen LogP contribution in [-0.2, 0) is 0 Å². The van der Waals surface area contributed by atoms with Crippen molar-refractivity contribution in [1.29, 1.82) is 0 Å². The molecule has 0 atom stereocenters. The van der Waals surface area contributed by atoms with Crippen molar-refractivity contribution >= 4 is 16.8 Å². The van der Waals surface area contributed by atoms with Crippen LogP contribution < -0.4 is 0 Å². The first kappa shape index (κ1) is 12.6. The monoisotopic (exact) mass is 246 g/mol. The Morgan fingerprint density at radius 2 is 2.22 bits per heavy atom. The van der Waals surface area contributed by atoms with Gasteiger partial charge in [-0.05, 0) is 25.5 Å². The van der Waals surface area contributed by atoms with Crippen LogP contribution in [0.15, 0.2) is 30.5 Å². The average Bonchev–Trinajstić information content (AvgIpc) is 2.87. The zero-order valence-electron chi connectivity index (χ0n) is 10.5. The summed E-state index contributed by atoms with van der Waals surface area (Å²) in [7, 11) is 0. The second kappa shape index (κ2) is 5.69. The first-order valence-electron chi connectivity index (χ1n) is 6.24. The van der Waals surface area contributed by atoms with Gasteiger partial charge in [0, 0.05) is 31.3 Å². The van der Waals surface area contributed by atoms with E-state index in [1.54, 1.807) is 4.90 Å². The SMILES string of the molecule is CCN(CCCO)C(=O)c1cccc2cc[nH]c12. The molecule has 0 aliphatic heterocycles. The van der Waals surface area contributed by atoms with E-state index in [1.165, 1.54) is 0 Å². The van der Waals surface area contributed by atoms with Crippen molar-refractivity contribution in [3.8, 4) is 0 Å². The van der Waals surface area contributed by atoms with E-state index in [2.05, 4.69) is 4.98 Å². The molecule has 0 saturated carbocycles. The number of hydrogen-bond donors (Lipinski definition) is 2. The largest absolute Gasteiger partial charge is 0.396 e. The lowest BCUT2D eigenvalue weighted by Gasteiger charge is -2.20. The van der Waals surface area contributed by atoms with Gasteiger partial charge in [0.1, 0.15) is 0 Å². The Kier molecular flexibility index (Phi) is 3.99. The van der Waals surface area contributed by atoms with Crippen molar-refractivity contribution in [2.45, 2.75) is 13.3 Å². The number of nitrogens with one attached hydrogen (secondary N) is 1. The third kappa shape index (κ3) is 2.38. The van der Waals surface area contributed by atoms with Crippen LogP contribution in [0, 0.1) is 0 Å². The van der Waals surface area contributed by atoms with Gasteiger partial charge in [0.05, 0.1) is 11.1 Å². The minimum Gasteiger partial charge on any atom is -0.396 e. The summed E-state index contributed by atoms with van der Waals surface area (Å²) in [6.45, 7) is 3.29. The van der Waals surface area contributed by atoms with Gasteiger partial charge in [0.15, 0.2) is 0 Å². The molecule has 0 saturated heterocycles. The quantitative estimate of drug-likeness (QED) is 0.848. The number of aromatic amines is 1. The minimum atomic E-state index is 0.0130. The number of aliphatic hydroxyl groups is 1. The van der Waals surface area contributed by atoms with Gasteiger partial charge in [-0.2, -0.15) is 0 Å². The maximum atomic E-state index is 12.4. The highest BCUT2D eigenvalue weighted by Crippen LogP contribution is 2.18. The highest BCUT2D eigenvalue weighted by atomic mass is 16.3. The number of H-pyrrole nitrogens is 1. The summed E-state index contributed by atoms with van der Waals surface area (Å²) < 4.78 is 0. The molecule has 0 aliphatic rings. The number of fused-ring (bicyclic) bond motifs is 1. The second-order valence-corrected chi connectivity index (χ2v) is 4.21. The summed E-state index contributed by atoms with van der Waals surface area (Å²) in [6, 6.07) is 7.66. The number of aliphatic hydroxyl groups excluding tert-OH is 1. The molecule has 2 aromatic rings. The molecule has 2 N–H and O–H groups in total. The van der Waals surface area contributed by atoms with Crippen LogP contribution in [-0.4, -0.2) is 40.6 Å². The van der Waals surface area contributed by atoms with E-state index in [0.29, 0.717) is 25.1 Å². The third-order valence-corrected chi connectivity index (χ3v) is 3.07. The highest BCUT2D eigenvalue weighted by molar-refractivity contribution is 6.05. The number of carbonyl (C=O) groups is 1. The Balaban J connectivity index is 2.29. The first-order chi connectivity index (χ1) is 8.77. The summed E-state index contributed by atoms with van der Waals surface area (Å²) in [4.78, 5) is 17.3. The number of carbonyl (C=O) groups excluding carboxylic acids is 1. The molecule has 0 radical (unpaired) electrons. The van der Waals surface area contributed by atoms with Crippen LogP contribution in [0.5, 0.6) is 0 Å². The van der Waals surface area contributed by atoms with Crippen LogP contribution in [0.4, 0.5) is 0 Å². The Labute approximate surface area is 106 Å². The van der Waals surface area contributed by atoms with Crippen molar-refractivity contribution in [1.82, 2.24) is 9.88 Å². The van der Waals surface area contributed by atoms with Crippen LogP contribution >= 0.6 is 0 Å². The third-order valence-electron chi connectivity index (χ3n) is 3.07. The molecular formula is C14H18N2O2. The molecule has 1 amide bonds. The van der Waals surface area contributed by atoms with E-state index in [-0.39, 0.29) is 12.5 Å². The highest BCUT2D eigenvalue weighted by Gasteiger charge is 2.16. The Morgan fingerprint density at radius 3 is 2.94 bits per heavy atom. The Bertz CT molecular complexity index is 533. The number of rotatable bonds is 5. The lowest BCUT2D eigenvalue weighted by molar-refractivity contribution is 0.0756. The molecule has 1 aromatic heterocycles. The molecule has 4 heteroatoms. The van der Waals surface area contributed by atoms with Gasteiger partial charge < -0.3 is 15.0 Å². The predicted molar refractivity (Wildman–Crippen MR) is 71.6 cm³/mol. The second-order valence-electron chi connectivity index (χ2n) is 4.21. The fourth-order valence-electron chi connectivity index (χ4n) is 2.10. The normalized spacial score (nSPS) is 10.8. The molecular weight excluding hydrogens is 228 g/mol. The summed E-state index contributed by atoms with van der Waals surface area (Å²) in [5.74, 6) is 0.0130.